The van der Waals surface area contributed by atoms with Gasteiger partial charge in [-0.25, -0.2) is 9.79 Å². The summed E-state index contributed by atoms with van der Waals surface area (Å²) in [5.41, 5.74) is 1.34. The number of benzene rings is 2. The molecule has 204 valence electrons. The largest absolute Gasteiger partial charge is 0.493 e. The van der Waals surface area contributed by atoms with E-state index in [1.54, 1.807) is 43.5 Å². The van der Waals surface area contributed by atoms with Crippen molar-refractivity contribution < 1.29 is 28.5 Å². The summed E-state index contributed by atoms with van der Waals surface area (Å²) >= 11 is 1.22. The van der Waals surface area contributed by atoms with Gasteiger partial charge < -0.3 is 23.7 Å². The number of ether oxygens (including phenoxy) is 5. The van der Waals surface area contributed by atoms with E-state index in [9.17, 15) is 9.59 Å². The number of hydrogen-bond acceptors (Lipinski definition) is 9. The Balaban J connectivity index is 1.85. The van der Waals surface area contributed by atoms with E-state index in [1.807, 2.05) is 26.0 Å². The van der Waals surface area contributed by atoms with Crippen LogP contribution < -0.4 is 33.8 Å². The molecular weight excluding hydrogens is 520 g/mol. The summed E-state index contributed by atoms with van der Waals surface area (Å²) in [6.07, 6.45) is 4.86. The van der Waals surface area contributed by atoms with Crippen LogP contribution in [0.5, 0.6) is 23.0 Å². The molecule has 0 amide bonds. The van der Waals surface area contributed by atoms with Gasteiger partial charge >= 0.3 is 5.97 Å². The van der Waals surface area contributed by atoms with Crippen LogP contribution in [0.25, 0.3) is 6.08 Å². The minimum absolute atomic E-state index is 0.230. The van der Waals surface area contributed by atoms with Crippen LogP contribution in [0.3, 0.4) is 0 Å². The Morgan fingerprint density at radius 1 is 1.03 bits per heavy atom. The maximum Gasteiger partial charge on any atom is 0.337 e. The zero-order chi connectivity index (χ0) is 27.9. The van der Waals surface area contributed by atoms with Crippen LogP contribution in [0.2, 0.25) is 0 Å². The molecule has 2 aromatic carbocycles. The standard InChI is InChI=1S/C29H30N2O7S/c1-6-13-38-21-11-9-18(14-23(21)34-4)15-25-27(32)31-26(20(28(33)35-5)17-30-29(31)39-25)19-10-12-22(36-7-2)24(16-19)37-8-3/h6,9-12,14-17,26H,1,7-8,13H2,2-5H3/b25-15-/t26-/m1/s1. The highest BCUT2D eigenvalue weighted by atomic mass is 32.1. The molecule has 4 rings (SSSR count). The highest BCUT2D eigenvalue weighted by Gasteiger charge is 2.31. The molecule has 1 aliphatic rings. The van der Waals surface area contributed by atoms with E-state index in [2.05, 4.69) is 11.6 Å². The van der Waals surface area contributed by atoms with Crippen LogP contribution in [0.1, 0.15) is 31.0 Å². The Bertz CT molecular complexity index is 1590. The summed E-state index contributed by atoms with van der Waals surface area (Å²) in [5.74, 6) is 1.62. The monoisotopic (exact) mass is 550 g/mol. The van der Waals surface area contributed by atoms with Gasteiger partial charge in [-0.05, 0) is 55.3 Å². The fourth-order valence-corrected chi connectivity index (χ4v) is 5.15. The van der Waals surface area contributed by atoms with Gasteiger partial charge in [0.15, 0.2) is 27.8 Å². The molecule has 2 heterocycles. The third-order valence-electron chi connectivity index (χ3n) is 5.85. The molecule has 0 unspecified atom stereocenters. The van der Waals surface area contributed by atoms with E-state index in [0.29, 0.717) is 57.7 Å². The number of carbonyl (C=O) groups is 1. The van der Waals surface area contributed by atoms with Gasteiger partial charge in [0.2, 0.25) is 0 Å². The number of rotatable bonds is 11. The quantitative estimate of drug-likeness (QED) is 0.267. The molecule has 10 heteroatoms. The van der Waals surface area contributed by atoms with Crippen molar-refractivity contribution in [2.24, 2.45) is 4.99 Å². The van der Waals surface area contributed by atoms with E-state index in [1.165, 1.54) is 29.2 Å². The summed E-state index contributed by atoms with van der Waals surface area (Å²) in [6, 6.07) is 9.99. The second-order valence-corrected chi connectivity index (χ2v) is 9.27. The summed E-state index contributed by atoms with van der Waals surface area (Å²) in [4.78, 5) is 31.4. The molecule has 0 saturated heterocycles. The SMILES string of the molecule is C=CCOc1ccc(/C=c2\sc3n(c2=O)[C@H](c2ccc(OCC)c(OCC)c2)C(C(=O)OC)=CN=3)cc1OC. The first kappa shape index (κ1) is 27.7. The predicted molar refractivity (Wildman–Crippen MR) is 149 cm³/mol. The molecule has 0 bridgehead atoms. The van der Waals surface area contributed by atoms with Crippen LogP contribution in [-0.2, 0) is 9.53 Å². The van der Waals surface area contributed by atoms with Crippen LogP contribution in [0.4, 0.5) is 0 Å². The van der Waals surface area contributed by atoms with Gasteiger partial charge in [0, 0.05) is 6.20 Å². The fraction of sp³-hybridized carbons (Fsp3) is 0.276. The Morgan fingerprint density at radius 2 is 1.74 bits per heavy atom. The number of carbonyl (C=O) groups excluding carboxylic acids is 1. The average Bonchev–Trinajstić information content (AvgIpc) is 3.27. The molecule has 3 aromatic rings. The number of hydrogen-bond donors (Lipinski definition) is 0. The maximum atomic E-state index is 13.8. The third-order valence-corrected chi connectivity index (χ3v) is 6.85. The lowest BCUT2D eigenvalue weighted by Gasteiger charge is -2.23. The fourth-order valence-electron chi connectivity index (χ4n) is 4.18. The van der Waals surface area contributed by atoms with Gasteiger partial charge in [0.25, 0.3) is 5.56 Å². The Morgan fingerprint density at radius 3 is 2.44 bits per heavy atom. The highest BCUT2D eigenvalue weighted by Crippen LogP contribution is 2.35. The van der Waals surface area contributed by atoms with E-state index in [4.69, 9.17) is 23.7 Å². The molecule has 1 aromatic heterocycles. The lowest BCUT2D eigenvalue weighted by molar-refractivity contribution is -0.136. The van der Waals surface area contributed by atoms with Crippen LogP contribution in [0, 0.1) is 0 Å². The van der Waals surface area contributed by atoms with Gasteiger partial charge in [0.1, 0.15) is 6.61 Å². The molecule has 1 atom stereocenters. The summed E-state index contributed by atoms with van der Waals surface area (Å²) < 4.78 is 29.6. The summed E-state index contributed by atoms with van der Waals surface area (Å²) in [7, 11) is 2.85. The topological polar surface area (TPSA) is 97.6 Å². The molecular formula is C29H30N2O7S. The van der Waals surface area contributed by atoms with Gasteiger partial charge in [-0.1, -0.05) is 36.1 Å². The Kier molecular flexibility index (Phi) is 8.88. The molecule has 0 radical (unpaired) electrons. The number of fused-ring (bicyclic) bond motifs is 1. The highest BCUT2D eigenvalue weighted by molar-refractivity contribution is 7.07. The normalized spacial score (nSPS) is 14.5. The zero-order valence-corrected chi connectivity index (χ0v) is 23.1. The Labute approximate surface area is 229 Å². The third kappa shape index (κ3) is 5.75. The first-order valence-corrected chi connectivity index (χ1v) is 13.2. The number of aromatic nitrogens is 1. The van der Waals surface area contributed by atoms with Crippen molar-refractivity contribution in [1.29, 1.82) is 0 Å². The van der Waals surface area contributed by atoms with Crippen molar-refractivity contribution >= 4 is 23.4 Å². The second-order valence-electron chi connectivity index (χ2n) is 8.26. The lowest BCUT2D eigenvalue weighted by atomic mass is 9.97. The first-order valence-electron chi connectivity index (χ1n) is 12.4. The molecule has 0 spiro atoms. The summed E-state index contributed by atoms with van der Waals surface area (Å²) in [6.45, 7) is 8.65. The molecule has 0 N–H and O–H groups in total. The van der Waals surface area contributed by atoms with Crippen molar-refractivity contribution in [1.82, 2.24) is 4.57 Å². The molecule has 1 aliphatic heterocycles. The van der Waals surface area contributed by atoms with Gasteiger partial charge in [-0.2, -0.15) is 0 Å². The number of nitrogens with zero attached hydrogens (tertiary/aromatic N) is 2. The lowest BCUT2D eigenvalue weighted by Crippen LogP contribution is -2.39. The van der Waals surface area contributed by atoms with Crippen molar-refractivity contribution in [3.05, 3.63) is 91.6 Å². The Hall–Kier alpha value is -4.31. The number of esters is 1. The smallest absolute Gasteiger partial charge is 0.337 e. The van der Waals surface area contributed by atoms with E-state index >= 15 is 0 Å². The van der Waals surface area contributed by atoms with Gasteiger partial charge in [-0.3, -0.25) is 9.36 Å². The minimum atomic E-state index is -0.769. The average molecular weight is 551 g/mol. The maximum absolute atomic E-state index is 13.8. The molecule has 0 aliphatic carbocycles. The number of methoxy groups -OCH3 is 2. The van der Waals surface area contributed by atoms with Crippen molar-refractivity contribution in [3.63, 3.8) is 0 Å². The summed E-state index contributed by atoms with van der Waals surface area (Å²) in [5, 5.41) is 0. The van der Waals surface area contributed by atoms with Crippen LogP contribution in [-0.4, -0.2) is 44.6 Å². The van der Waals surface area contributed by atoms with E-state index in [-0.39, 0.29) is 11.1 Å². The van der Waals surface area contributed by atoms with Gasteiger partial charge in [0.05, 0.1) is 43.6 Å². The molecule has 0 fully saturated rings. The molecule has 9 nitrogen and oxygen atoms in total. The van der Waals surface area contributed by atoms with Crippen LogP contribution >= 0.6 is 11.3 Å². The molecule has 0 saturated carbocycles. The van der Waals surface area contributed by atoms with Crippen molar-refractivity contribution in [2.45, 2.75) is 19.9 Å². The number of thiazole rings is 1. The predicted octanol–water partition coefficient (Wildman–Crippen LogP) is 3.39. The zero-order valence-electron chi connectivity index (χ0n) is 22.3. The van der Waals surface area contributed by atoms with Crippen molar-refractivity contribution in [3.8, 4) is 23.0 Å². The van der Waals surface area contributed by atoms with Gasteiger partial charge in [-0.15, -0.1) is 0 Å². The first-order chi connectivity index (χ1) is 18.9. The second kappa shape index (κ2) is 12.5. The van der Waals surface area contributed by atoms with Crippen molar-refractivity contribution in [2.75, 3.05) is 34.0 Å². The minimum Gasteiger partial charge on any atom is -0.493 e. The molecule has 39 heavy (non-hydrogen) atoms. The van der Waals surface area contributed by atoms with E-state index in [0.717, 1.165) is 5.56 Å². The van der Waals surface area contributed by atoms with E-state index < -0.39 is 12.0 Å². The van der Waals surface area contributed by atoms with Crippen LogP contribution in [0.15, 0.2) is 70.6 Å².